The van der Waals surface area contributed by atoms with Gasteiger partial charge in [-0.05, 0) is 5.41 Å². The molecule has 2 fully saturated rings. The van der Waals surface area contributed by atoms with Gasteiger partial charge >= 0.3 is 5.97 Å². The Morgan fingerprint density at radius 2 is 1.83 bits per heavy atom. The standard InChI is InChI=1S/C11H17NO5S/c1-11(2)7(8(11)10(14)15)9(13)12-18(16)5-3-17-4-6-18/h7-8H,3-6H2,1-2H3,(H,14,15). The van der Waals surface area contributed by atoms with Crippen LogP contribution in [0.15, 0.2) is 4.36 Å². The molecule has 7 heteroatoms. The molecule has 1 aliphatic carbocycles. The molecule has 1 amide bonds. The Labute approximate surface area is 106 Å². The molecule has 0 aromatic carbocycles. The van der Waals surface area contributed by atoms with Crippen LogP contribution >= 0.6 is 0 Å². The summed E-state index contributed by atoms with van der Waals surface area (Å²) in [5, 5.41) is 8.99. The molecule has 0 spiro atoms. The normalized spacial score (nSPS) is 32.6. The lowest BCUT2D eigenvalue weighted by atomic mass is 10.1. The van der Waals surface area contributed by atoms with Gasteiger partial charge in [-0.15, -0.1) is 0 Å². The van der Waals surface area contributed by atoms with E-state index in [0.29, 0.717) is 13.2 Å². The molecule has 0 radical (unpaired) electrons. The number of aliphatic carboxylic acids is 1. The average molecular weight is 275 g/mol. The second kappa shape index (κ2) is 4.31. The zero-order chi connectivity index (χ0) is 13.6. The summed E-state index contributed by atoms with van der Waals surface area (Å²) in [6.45, 7) is 4.12. The molecule has 1 heterocycles. The van der Waals surface area contributed by atoms with Crippen molar-refractivity contribution in [1.29, 1.82) is 0 Å². The summed E-state index contributed by atoms with van der Waals surface area (Å²) in [5.41, 5.74) is -0.590. The average Bonchev–Trinajstić information content (AvgIpc) is 2.82. The van der Waals surface area contributed by atoms with Gasteiger partial charge in [0.1, 0.15) is 0 Å². The second-order valence-electron chi connectivity index (χ2n) is 5.34. The van der Waals surface area contributed by atoms with Crippen molar-refractivity contribution >= 4 is 21.6 Å². The molecule has 2 atom stereocenters. The van der Waals surface area contributed by atoms with Gasteiger partial charge < -0.3 is 9.84 Å². The summed E-state index contributed by atoms with van der Waals surface area (Å²) >= 11 is 0. The highest BCUT2D eigenvalue weighted by Crippen LogP contribution is 2.58. The highest BCUT2D eigenvalue weighted by Gasteiger charge is 2.66. The predicted octanol–water partition coefficient (Wildman–Crippen LogP) is 0.368. The van der Waals surface area contributed by atoms with Crippen LogP contribution in [-0.2, 0) is 24.1 Å². The summed E-state index contributed by atoms with van der Waals surface area (Å²) in [6.07, 6.45) is 0. The molecule has 1 aliphatic heterocycles. The lowest BCUT2D eigenvalue weighted by Crippen LogP contribution is -2.26. The van der Waals surface area contributed by atoms with E-state index in [-0.39, 0.29) is 11.5 Å². The molecule has 0 aromatic heterocycles. The highest BCUT2D eigenvalue weighted by atomic mass is 32.2. The number of carbonyl (C=O) groups excluding carboxylic acids is 1. The number of carbonyl (C=O) groups is 2. The fourth-order valence-electron chi connectivity index (χ4n) is 2.45. The van der Waals surface area contributed by atoms with Crippen LogP contribution < -0.4 is 0 Å². The number of amides is 1. The Morgan fingerprint density at radius 3 is 2.28 bits per heavy atom. The van der Waals surface area contributed by atoms with Crippen LogP contribution in [0, 0.1) is 17.3 Å². The van der Waals surface area contributed by atoms with E-state index in [4.69, 9.17) is 9.84 Å². The molecule has 6 nitrogen and oxygen atoms in total. The molecule has 1 saturated carbocycles. The Bertz CT molecular complexity index is 492. The van der Waals surface area contributed by atoms with Crippen molar-refractivity contribution in [3.63, 3.8) is 0 Å². The van der Waals surface area contributed by atoms with Gasteiger partial charge in [0.05, 0.1) is 46.3 Å². The number of nitrogens with zero attached hydrogens (tertiary/aromatic N) is 1. The first-order valence-corrected chi connectivity index (χ1v) is 7.70. The zero-order valence-electron chi connectivity index (χ0n) is 10.4. The van der Waals surface area contributed by atoms with Crippen molar-refractivity contribution in [2.75, 3.05) is 24.7 Å². The number of rotatable bonds is 2. The van der Waals surface area contributed by atoms with E-state index in [9.17, 15) is 13.8 Å². The van der Waals surface area contributed by atoms with Crippen molar-refractivity contribution < 1.29 is 23.6 Å². The number of hydrogen-bond acceptors (Lipinski definition) is 4. The molecular formula is C11H17NO5S. The van der Waals surface area contributed by atoms with Crippen molar-refractivity contribution in [3.8, 4) is 0 Å². The number of carboxylic acids is 1. The summed E-state index contributed by atoms with van der Waals surface area (Å²) in [7, 11) is -2.54. The molecule has 1 N–H and O–H groups in total. The summed E-state index contributed by atoms with van der Waals surface area (Å²) in [6, 6.07) is 0. The van der Waals surface area contributed by atoms with E-state index < -0.39 is 38.9 Å². The van der Waals surface area contributed by atoms with E-state index >= 15 is 0 Å². The van der Waals surface area contributed by atoms with Crippen molar-refractivity contribution in [1.82, 2.24) is 0 Å². The van der Waals surface area contributed by atoms with Crippen LogP contribution in [0.1, 0.15) is 13.8 Å². The van der Waals surface area contributed by atoms with Crippen LogP contribution in [0.4, 0.5) is 0 Å². The van der Waals surface area contributed by atoms with Gasteiger partial charge in [0.2, 0.25) is 0 Å². The van der Waals surface area contributed by atoms with Crippen LogP contribution in [0.2, 0.25) is 0 Å². The van der Waals surface area contributed by atoms with Gasteiger partial charge in [0.15, 0.2) is 0 Å². The fraction of sp³-hybridized carbons (Fsp3) is 0.818. The minimum atomic E-state index is -2.54. The molecule has 18 heavy (non-hydrogen) atoms. The van der Waals surface area contributed by atoms with Gasteiger partial charge in [0.25, 0.3) is 5.91 Å². The first kappa shape index (κ1) is 13.5. The first-order chi connectivity index (χ1) is 8.28. The Kier molecular flexibility index (Phi) is 3.23. The minimum Gasteiger partial charge on any atom is -0.481 e. The maximum absolute atomic E-state index is 12.2. The predicted molar refractivity (Wildman–Crippen MR) is 64.5 cm³/mol. The third-order valence-corrected chi connectivity index (χ3v) is 5.83. The van der Waals surface area contributed by atoms with E-state index in [1.165, 1.54) is 0 Å². The molecule has 0 bridgehead atoms. The van der Waals surface area contributed by atoms with E-state index in [1.54, 1.807) is 13.8 Å². The summed E-state index contributed by atoms with van der Waals surface area (Å²) in [4.78, 5) is 22.9. The monoisotopic (exact) mass is 275 g/mol. The lowest BCUT2D eigenvalue weighted by Gasteiger charge is -2.15. The maximum atomic E-state index is 12.2. The topological polar surface area (TPSA) is 93.0 Å². The Morgan fingerprint density at radius 1 is 1.28 bits per heavy atom. The third kappa shape index (κ3) is 2.29. The molecule has 2 rings (SSSR count). The minimum absolute atomic E-state index is 0.254. The first-order valence-electron chi connectivity index (χ1n) is 5.85. The molecule has 102 valence electrons. The van der Waals surface area contributed by atoms with Gasteiger partial charge in [-0.25, -0.2) is 4.21 Å². The van der Waals surface area contributed by atoms with Crippen LogP contribution in [0.5, 0.6) is 0 Å². The van der Waals surface area contributed by atoms with Crippen LogP contribution in [0.25, 0.3) is 0 Å². The molecule has 2 unspecified atom stereocenters. The van der Waals surface area contributed by atoms with Crippen LogP contribution in [0.3, 0.4) is 0 Å². The van der Waals surface area contributed by atoms with E-state index in [1.807, 2.05) is 0 Å². The van der Waals surface area contributed by atoms with Crippen molar-refractivity contribution in [2.24, 2.45) is 21.6 Å². The number of hydrogen-bond donors (Lipinski definition) is 1. The zero-order valence-corrected chi connectivity index (χ0v) is 11.2. The molecular weight excluding hydrogens is 258 g/mol. The molecule has 1 saturated heterocycles. The maximum Gasteiger partial charge on any atom is 0.307 e. The van der Waals surface area contributed by atoms with Gasteiger partial charge in [-0.2, -0.15) is 4.36 Å². The summed E-state index contributed by atoms with van der Waals surface area (Å²) in [5.74, 6) is -2.37. The number of ether oxygens (including phenoxy) is 1. The SMILES string of the molecule is CC1(C)C(C(=O)O)C1C(=O)N=S1(=O)CCOCC1. The Balaban J connectivity index is 2.17. The second-order valence-corrected chi connectivity index (χ2v) is 7.88. The van der Waals surface area contributed by atoms with E-state index in [0.717, 1.165) is 0 Å². The van der Waals surface area contributed by atoms with Crippen LogP contribution in [-0.4, -0.2) is 45.9 Å². The van der Waals surface area contributed by atoms with E-state index in [2.05, 4.69) is 4.36 Å². The fourth-order valence-corrected chi connectivity index (χ4v) is 4.04. The highest BCUT2D eigenvalue weighted by molar-refractivity contribution is 7.93. The lowest BCUT2D eigenvalue weighted by molar-refractivity contribution is -0.140. The largest absolute Gasteiger partial charge is 0.481 e. The van der Waals surface area contributed by atoms with Gasteiger partial charge in [0, 0.05) is 0 Å². The summed E-state index contributed by atoms with van der Waals surface area (Å²) < 4.78 is 21.1. The van der Waals surface area contributed by atoms with Gasteiger partial charge in [-0.1, -0.05) is 13.8 Å². The van der Waals surface area contributed by atoms with Gasteiger partial charge in [-0.3, -0.25) is 9.59 Å². The molecule has 0 aromatic rings. The Hall–Kier alpha value is -0.950. The third-order valence-electron chi connectivity index (χ3n) is 3.71. The number of carboxylic acid groups (broad SMARTS) is 1. The quantitative estimate of drug-likeness (QED) is 0.785. The van der Waals surface area contributed by atoms with Crippen molar-refractivity contribution in [3.05, 3.63) is 0 Å². The molecule has 2 aliphatic rings. The van der Waals surface area contributed by atoms with Crippen molar-refractivity contribution in [2.45, 2.75) is 13.8 Å². The smallest absolute Gasteiger partial charge is 0.307 e.